The zero-order valence-corrected chi connectivity index (χ0v) is 32.1. The van der Waals surface area contributed by atoms with Crippen molar-refractivity contribution >= 4 is 0 Å². The molecule has 0 aliphatic carbocycles. The molecule has 1 fully saturated rings. The molecule has 1 aliphatic rings. The average Bonchev–Trinajstić information content (AvgIpc) is 3.47. The van der Waals surface area contributed by atoms with E-state index in [0.29, 0.717) is 0 Å². The predicted molar refractivity (Wildman–Crippen MR) is 209 cm³/mol. The lowest BCUT2D eigenvalue weighted by atomic mass is 9.95. The van der Waals surface area contributed by atoms with Crippen LogP contribution in [0, 0.1) is 5.92 Å². The van der Waals surface area contributed by atoms with Crippen molar-refractivity contribution in [1.29, 1.82) is 0 Å². The first-order valence-corrected chi connectivity index (χ1v) is 20.2. The average molecular weight is 654 g/mol. The van der Waals surface area contributed by atoms with Gasteiger partial charge in [-0.1, -0.05) is 133 Å². The summed E-state index contributed by atoms with van der Waals surface area (Å²) >= 11 is 0. The highest BCUT2D eigenvalue weighted by atomic mass is 16.7. The van der Waals surface area contributed by atoms with E-state index in [1.807, 2.05) is 0 Å². The maximum atomic E-state index is 6.68. The van der Waals surface area contributed by atoms with Crippen LogP contribution in [0.1, 0.15) is 175 Å². The van der Waals surface area contributed by atoms with Crippen LogP contribution in [0.3, 0.4) is 0 Å². The Balaban J connectivity index is 2.25. The summed E-state index contributed by atoms with van der Waals surface area (Å²) in [5.41, 5.74) is 0. The van der Waals surface area contributed by atoms with Gasteiger partial charge >= 0.3 is 0 Å². The molecule has 1 rings (SSSR count). The molecular weight excluding hydrogens is 574 g/mol. The van der Waals surface area contributed by atoms with Crippen LogP contribution < -0.4 is 0 Å². The molecule has 3 unspecified atom stereocenters. The number of hydrogen-bond donors (Lipinski definition) is 0. The van der Waals surface area contributed by atoms with E-state index in [1.165, 1.54) is 116 Å². The van der Waals surface area contributed by atoms with Gasteiger partial charge in [-0.15, -0.1) is 0 Å². The molecule has 1 saturated heterocycles. The molecule has 0 radical (unpaired) electrons. The van der Waals surface area contributed by atoms with Crippen molar-refractivity contribution < 1.29 is 9.47 Å². The van der Waals surface area contributed by atoms with Crippen LogP contribution in [0.2, 0.25) is 0 Å². The molecule has 0 saturated carbocycles. The molecule has 0 bridgehead atoms. The number of unbranched alkanes of at least 4 members (excludes halogenated alkanes) is 11. The molecule has 0 aromatic heterocycles. The van der Waals surface area contributed by atoms with E-state index in [4.69, 9.17) is 9.47 Å². The molecule has 0 N–H and O–H groups in total. The first-order chi connectivity index (χ1) is 23.0. The highest BCUT2D eigenvalue weighted by Crippen LogP contribution is 2.35. The molecule has 3 atom stereocenters. The zero-order valence-electron chi connectivity index (χ0n) is 32.1. The molecule has 0 spiro atoms. The van der Waals surface area contributed by atoms with Crippen molar-refractivity contribution in [2.24, 2.45) is 5.92 Å². The molecule has 0 aromatic carbocycles. The molecule has 0 aromatic rings. The minimum absolute atomic E-state index is 0.245. The second kappa shape index (κ2) is 31.8. The first kappa shape index (κ1) is 43.6. The Morgan fingerprint density at radius 3 is 1.62 bits per heavy atom. The Bertz CT molecular complexity index is 825. The second-order valence-electron chi connectivity index (χ2n) is 14.5. The summed E-state index contributed by atoms with van der Waals surface area (Å²) in [6.45, 7) is 8.79. The van der Waals surface area contributed by atoms with Crippen molar-refractivity contribution in [2.75, 3.05) is 27.2 Å². The van der Waals surface area contributed by atoms with Crippen LogP contribution in [0.15, 0.2) is 60.8 Å². The summed E-state index contributed by atoms with van der Waals surface area (Å²) in [7, 11) is 4.29. The third kappa shape index (κ3) is 27.1. The Morgan fingerprint density at radius 2 is 1.09 bits per heavy atom. The Morgan fingerprint density at radius 1 is 0.596 bits per heavy atom. The second-order valence-corrected chi connectivity index (χ2v) is 14.5. The van der Waals surface area contributed by atoms with Crippen molar-refractivity contribution in [3.63, 3.8) is 0 Å². The molecule has 0 amide bonds. The van der Waals surface area contributed by atoms with Gasteiger partial charge in [-0.3, -0.25) is 0 Å². The fourth-order valence-electron chi connectivity index (χ4n) is 6.28. The third-order valence-electron chi connectivity index (χ3n) is 9.42. The molecule has 272 valence electrons. The van der Waals surface area contributed by atoms with E-state index < -0.39 is 0 Å². The fourth-order valence-corrected chi connectivity index (χ4v) is 6.28. The first-order valence-electron chi connectivity index (χ1n) is 20.2. The van der Waals surface area contributed by atoms with Gasteiger partial charge in [0, 0.05) is 19.4 Å². The topological polar surface area (TPSA) is 21.7 Å². The molecule has 3 heteroatoms. The van der Waals surface area contributed by atoms with Crippen molar-refractivity contribution in [3.8, 4) is 0 Å². The van der Waals surface area contributed by atoms with Crippen LogP contribution in [-0.2, 0) is 9.47 Å². The SMILES string of the molecule is CCCCC/C=C\C/C=C\C/C=C\CCCCCC1(CCCCCC(C)CC/C=C\C/C=C\CCCCC)OCC(CCN(C)C)O1. The summed E-state index contributed by atoms with van der Waals surface area (Å²) in [6, 6.07) is 0. The summed E-state index contributed by atoms with van der Waals surface area (Å²) in [6.07, 6.45) is 53.0. The monoisotopic (exact) mass is 654 g/mol. The number of rotatable bonds is 32. The highest BCUT2D eigenvalue weighted by molar-refractivity contribution is 4.97. The summed E-state index contributed by atoms with van der Waals surface area (Å²) in [4.78, 5) is 2.25. The van der Waals surface area contributed by atoms with E-state index in [2.05, 4.69) is 101 Å². The van der Waals surface area contributed by atoms with Crippen LogP contribution in [0.5, 0.6) is 0 Å². The summed E-state index contributed by atoms with van der Waals surface area (Å²) in [5, 5.41) is 0. The molecule has 1 aliphatic heterocycles. The van der Waals surface area contributed by atoms with Crippen molar-refractivity contribution in [3.05, 3.63) is 60.8 Å². The van der Waals surface area contributed by atoms with E-state index in [-0.39, 0.29) is 11.9 Å². The van der Waals surface area contributed by atoms with Crippen LogP contribution in [0.25, 0.3) is 0 Å². The summed E-state index contributed by atoms with van der Waals surface area (Å²) < 4.78 is 13.2. The van der Waals surface area contributed by atoms with Crippen LogP contribution >= 0.6 is 0 Å². The van der Waals surface area contributed by atoms with Gasteiger partial charge in [-0.25, -0.2) is 0 Å². The van der Waals surface area contributed by atoms with Crippen LogP contribution in [0.4, 0.5) is 0 Å². The number of nitrogens with zero attached hydrogens (tertiary/aromatic N) is 1. The maximum absolute atomic E-state index is 6.68. The van der Waals surface area contributed by atoms with Gasteiger partial charge < -0.3 is 14.4 Å². The van der Waals surface area contributed by atoms with Gasteiger partial charge in [0.05, 0.1) is 12.7 Å². The van der Waals surface area contributed by atoms with Gasteiger partial charge in [-0.05, 0) is 110 Å². The minimum atomic E-state index is -0.344. The van der Waals surface area contributed by atoms with Gasteiger partial charge in [0.2, 0.25) is 0 Å². The largest absolute Gasteiger partial charge is 0.347 e. The predicted octanol–water partition coefficient (Wildman–Crippen LogP) is 13.5. The number of ether oxygens (including phenoxy) is 2. The Labute approximate surface area is 294 Å². The minimum Gasteiger partial charge on any atom is -0.347 e. The highest BCUT2D eigenvalue weighted by Gasteiger charge is 2.40. The lowest BCUT2D eigenvalue weighted by molar-refractivity contribution is -0.180. The normalized spacial score (nSPS) is 19.7. The third-order valence-corrected chi connectivity index (χ3v) is 9.42. The van der Waals surface area contributed by atoms with Gasteiger partial charge in [-0.2, -0.15) is 0 Å². The quantitative estimate of drug-likeness (QED) is 0.0533. The Kier molecular flexibility index (Phi) is 29.5. The zero-order chi connectivity index (χ0) is 34.1. The molecule has 1 heterocycles. The van der Waals surface area contributed by atoms with E-state index in [1.54, 1.807) is 0 Å². The smallest absolute Gasteiger partial charge is 0.168 e. The fraction of sp³-hybridized carbons (Fsp3) is 0.773. The van der Waals surface area contributed by atoms with E-state index >= 15 is 0 Å². The molecular formula is C44H79NO2. The Hall–Kier alpha value is -1.42. The lowest BCUT2D eigenvalue weighted by Crippen LogP contribution is -2.31. The van der Waals surface area contributed by atoms with Gasteiger partial charge in [0.15, 0.2) is 5.79 Å². The number of hydrogen-bond acceptors (Lipinski definition) is 3. The summed E-state index contributed by atoms with van der Waals surface area (Å²) in [5.74, 6) is 0.461. The van der Waals surface area contributed by atoms with Crippen molar-refractivity contribution in [2.45, 2.75) is 187 Å². The molecule has 47 heavy (non-hydrogen) atoms. The number of allylic oxidation sites excluding steroid dienone is 10. The maximum Gasteiger partial charge on any atom is 0.168 e. The van der Waals surface area contributed by atoms with E-state index in [0.717, 1.165) is 57.6 Å². The lowest BCUT2D eigenvalue weighted by Gasteiger charge is -2.29. The molecule has 3 nitrogen and oxygen atoms in total. The van der Waals surface area contributed by atoms with Crippen LogP contribution in [-0.4, -0.2) is 44.0 Å². The van der Waals surface area contributed by atoms with Gasteiger partial charge in [0.1, 0.15) is 0 Å². The van der Waals surface area contributed by atoms with E-state index in [9.17, 15) is 0 Å². The van der Waals surface area contributed by atoms with Gasteiger partial charge in [0.25, 0.3) is 0 Å². The standard InChI is InChI=1S/C44H79NO2/c1-6-8-10-12-14-16-18-19-20-21-22-23-25-27-29-33-38-44(46-41-43(47-44)37-40-45(4)5)39-34-30-32-36-42(3)35-31-28-26-24-17-15-13-11-9-7-2/h14-17,19-20,22-23,26,28,42-43H,6-13,18,21,24-25,27,29-41H2,1-5H3/b16-14-,17-15-,20-19-,23-22-,28-26-. The van der Waals surface area contributed by atoms with Crippen molar-refractivity contribution in [1.82, 2.24) is 4.90 Å².